The number of amides is 1. The Morgan fingerprint density at radius 1 is 1.31 bits per heavy atom. The molecule has 0 unspecified atom stereocenters. The molecule has 2 saturated heterocycles. The minimum Gasteiger partial charge on any atom is -0.443 e. The van der Waals surface area contributed by atoms with Crippen molar-refractivity contribution in [1.82, 2.24) is 5.32 Å². The molecule has 0 bridgehead atoms. The number of nitrogens with two attached hydrogens (primary N) is 1. The van der Waals surface area contributed by atoms with Gasteiger partial charge in [0.05, 0.1) is 18.6 Å². The SMILES string of the molecule is CO[C@@H]1[C@H](OC(=O)NCCc2ccc(N)cc2)CC[C@]2(CO2)[C@H]1[C@]1(C)O[C@@H]1CC=C(C)C. The number of anilines is 1. The predicted molar refractivity (Wildman–Crippen MR) is 122 cm³/mol. The van der Waals surface area contributed by atoms with Crippen LogP contribution < -0.4 is 11.1 Å². The average molecular weight is 445 g/mol. The fraction of sp³-hybridized carbons (Fsp3) is 0.640. The molecule has 4 rings (SSSR count). The van der Waals surface area contributed by atoms with Gasteiger partial charge in [0, 0.05) is 19.3 Å². The highest BCUT2D eigenvalue weighted by atomic mass is 16.6. The van der Waals surface area contributed by atoms with Gasteiger partial charge in [-0.2, -0.15) is 0 Å². The number of methoxy groups -OCH3 is 1. The number of hydrogen-bond donors (Lipinski definition) is 2. The lowest BCUT2D eigenvalue weighted by molar-refractivity contribution is -0.118. The predicted octanol–water partition coefficient (Wildman–Crippen LogP) is 3.61. The topological polar surface area (TPSA) is 98.6 Å². The van der Waals surface area contributed by atoms with E-state index in [9.17, 15) is 4.79 Å². The molecule has 1 saturated carbocycles. The third-order valence-corrected chi connectivity index (χ3v) is 7.16. The normalized spacial score (nSPS) is 35.2. The lowest BCUT2D eigenvalue weighted by atomic mass is 9.68. The molecule has 1 spiro atoms. The van der Waals surface area contributed by atoms with E-state index < -0.39 is 6.09 Å². The van der Waals surface area contributed by atoms with E-state index in [1.165, 1.54) is 5.57 Å². The van der Waals surface area contributed by atoms with Crippen LogP contribution in [0, 0.1) is 5.92 Å². The molecule has 3 N–H and O–H groups in total. The fourth-order valence-corrected chi connectivity index (χ4v) is 5.24. The summed E-state index contributed by atoms with van der Waals surface area (Å²) in [5, 5.41) is 2.87. The second-order valence-corrected chi connectivity index (χ2v) is 9.74. The van der Waals surface area contributed by atoms with Crippen molar-refractivity contribution in [2.45, 2.75) is 76.0 Å². The molecule has 0 radical (unpaired) electrons. The smallest absolute Gasteiger partial charge is 0.407 e. The average Bonchev–Trinajstić information content (AvgIpc) is 3.66. The third-order valence-electron chi connectivity index (χ3n) is 7.16. The van der Waals surface area contributed by atoms with Crippen LogP contribution in [0.15, 0.2) is 35.9 Å². The van der Waals surface area contributed by atoms with Gasteiger partial charge >= 0.3 is 6.09 Å². The molecule has 1 aliphatic carbocycles. The van der Waals surface area contributed by atoms with E-state index in [0.717, 1.165) is 30.5 Å². The van der Waals surface area contributed by atoms with Gasteiger partial charge in [-0.05, 0) is 64.2 Å². The summed E-state index contributed by atoms with van der Waals surface area (Å²) >= 11 is 0. The zero-order chi connectivity index (χ0) is 22.9. The molecule has 3 aliphatic rings. The summed E-state index contributed by atoms with van der Waals surface area (Å²) in [6.07, 6.45) is 4.48. The van der Waals surface area contributed by atoms with Crippen LogP contribution >= 0.6 is 0 Å². The standard InChI is InChI=1S/C25H36N2O5/c1-16(2)5-10-20-24(3,32-20)22-21(29-4)19(11-13-25(22)15-30-25)31-23(28)27-14-12-17-6-8-18(26)9-7-17/h5-9,19-22H,10-15,26H2,1-4H3,(H,27,28)/t19-,20-,21-,22-,24-,25+/m1/s1. The van der Waals surface area contributed by atoms with Crippen LogP contribution in [0.1, 0.15) is 45.6 Å². The second-order valence-electron chi connectivity index (χ2n) is 9.74. The van der Waals surface area contributed by atoms with Gasteiger partial charge in [0.2, 0.25) is 0 Å². The summed E-state index contributed by atoms with van der Waals surface area (Å²) < 4.78 is 23.9. The Hall–Kier alpha value is -2.09. The van der Waals surface area contributed by atoms with Crippen molar-refractivity contribution >= 4 is 11.8 Å². The summed E-state index contributed by atoms with van der Waals surface area (Å²) in [7, 11) is 1.69. The van der Waals surface area contributed by atoms with Crippen LogP contribution in [0.4, 0.5) is 10.5 Å². The fourth-order valence-electron chi connectivity index (χ4n) is 5.24. The molecule has 0 aromatic heterocycles. The summed E-state index contributed by atoms with van der Waals surface area (Å²) in [5.74, 6) is 0.0249. The van der Waals surface area contributed by atoms with Crippen LogP contribution in [0.3, 0.4) is 0 Å². The van der Waals surface area contributed by atoms with E-state index >= 15 is 0 Å². The van der Waals surface area contributed by atoms with Gasteiger partial charge in [-0.3, -0.25) is 0 Å². The number of ether oxygens (including phenoxy) is 4. The monoisotopic (exact) mass is 444 g/mol. The Morgan fingerprint density at radius 2 is 2.03 bits per heavy atom. The van der Waals surface area contributed by atoms with Gasteiger partial charge in [-0.15, -0.1) is 0 Å². The molecule has 6 atom stereocenters. The van der Waals surface area contributed by atoms with Crippen molar-refractivity contribution in [3.05, 3.63) is 41.5 Å². The van der Waals surface area contributed by atoms with E-state index in [1.54, 1.807) is 7.11 Å². The van der Waals surface area contributed by atoms with E-state index in [-0.39, 0.29) is 35.4 Å². The second kappa shape index (κ2) is 9.04. The maximum atomic E-state index is 12.5. The number of nitrogens with one attached hydrogen (secondary N) is 1. The maximum Gasteiger partial charge on any atom is 0.407 e. The molecule has 7 nitrogen and oxygen atoms in total. The first kappa shape index (κ1) is 23.1. The van der Waals surface area contributed by atoms with Crippen LogP contribution in [-0.4, -0.2) is 55.9 Å². The molecule has 1 aromatic carbocycles. The number of epoxide rings is 2. The van der Waals surface area contributed by atoms with E-state index in [1.807, 2.05) is 24.3 Å². The Bertz CT molecular complexity index is 846. The van der Waals surface area contributed by atoms with Gasteiger partial charge < -0.3 is 30.0 Å². The van der Waals surface area contributed by atoms with E-state index in [4.69, 9.17) is 24.7 Å². The lowest BCUT2D eigenvalue weighted by Gasteiger charge is -2.42. The van der Waals surface area contributed by atoms with E-state index in [0.29, 0.717) is 19.6 Å². The molecular formula is C25H36N2O5. The van der Waals surface area contributed by atoms with E-state index in [2.05, 4.69) is 32.2 Å². The lowest BCUT2D eigenvalue weighted by Crippen LogP contribution is -2.56. The molecular weight excluding hydrogens is 408 g/mol. The number of nitrogen functional groups attached to an aromatic ring is 1. The first-order valence-electron chi connectivity index (χ1n) is 11.5. The van der Waals surface area contributed by atoms with Crippen LogP contribution in [-0.2, 0) is 25.4 Å². The zero-order valence-corrected chi connectivity index (χ0v) is 19.6. The number of alkyl carbamates (subject to hydrolysis) is 1. The Kier molecular flexibility index (Phi) is 6.52. The van der Waals surface area contributed by atoms with Gasteiger partial charge in [-0.1, -0.05) is 23.8 Å². The summed E-state index contributed by atoms with van der Waals surface area (Å²) in [6, 6.07) is 7.65. The summed E-state index contributed by atoms with van der Waals surface area (Å²) in [5.41, 5.74) is 8.28. The number of benzene rings is 1. The molecule has 3 fully saturated rings. The zero-order valence-electron chi connectivity index (χ0n) is 19.6. The molecule has 2 heterocycles. The minimum atomic E-state index is -0.415. The molecule has 1 amide bonds. The molecule has 176 valence electrons. The van der Waals surface area contributed by atoms with Crippen molar-refractivity contribution < 1.29 is 23.7 Å². The van der Waals surface area contributed by atoms with Gasteiger partial charge in [0.1, 0.15) is 23.4 Å². The van der Waals surface area contributed by atoms with Crippen molar-refractivity contribution in [2.24, 2.45) is 5.92 Å². The summed E-state index contributed by atoms with van der Waals surface area (Å²) in [4.78, 5) is 12.5. The Balaban J connectivity index is 1.35. The van der Waals surface area contributed by atoms with Crippen molar-refractivity contribution in [3.8, 4) is 0 Å². The van der Waals surface area contributed by atoms with Crippen LogP contribution in [0.25, 0.3) is 0 Å². The number of carbonyl (C=O) groups excluding carboxylic acids is 1. The molecule has 32 heavy (non-hydrogen) atoms. The highest BCUT2D eigenvalue weighted by molar-refractivity contribution is 5.67. The third kappa shape index (κ3) is 4.80. The number of carbonyl (C=O) groups is 1. The van der Waals surface area contributed by atoms with Crippen molar-refractivity contribution in [3.63, 3.8) is 0 Å². The number of allylic oxidation sites excluding steroid dienone is 1. The Morgan fingerprint density at radius 3 is 2.66 bits per heavy atom. The van der Waals surface area contributed by atoms with Gasteiger partial charge in [0.15, 0.2) is 0 Å². The Labute approximate surface area is 190 Å². The largest absolute Gasteiger partial charge is 0.443 e. The highest BCUT2D eigenvalue weighted by Gasteiger charge is 2.72. The van der Waals surface area contributed by atoms with Crippen molar-refractivity contribution in [2.75, 3.05) is 26.0 Å². The maximum absolute atomic E-state index is 12.5. The summed E-state index contributed by atoms with van der Waals surface area (Å²) in [6.45, 7) is 7.55. The minimum absolute atomic E-state index is 0.0249. The van der Waals surface area contributed by atoms with Gasteiger partial charge in [0.25, 0.3) is 0 Å². The number of rotatable bonds is 8. The number of hydrogen-bond acceptors (Lipinski definition) is 6. The van der Waals surface area contributed by atoms with Gasteiger partial charge in [-0.25, -0.2) is 4.79 Å². The quantitative estimate of drug-likeness (QED) is 0.361. The first-order chi connectivity index (χ1) is 15.3. The molecule has 2 aliphatic heterocycles. The highest BCUT2D eigenvalue weighted by Crippen LogP contribution is 2.59. The molecule has 7 heteroatoms. The first-order valence-corrected chi connectivity index (χ1v) is 11.5. The van der Waals surface area contributed by atoms with Crippen LogP contribution in [0.2, 0.25) is 0 Å². The van der Waals surface area contributed by atoms with Crippen molar-refractivity contribution in [1.29, 1.82) is 0 Å². The molecule has 1 aromatic rings. The van der Waals surface area contributed by atoms with Crippen LogP contribution in [0.5, 0.6) is 0 Å².